The lowest BCUT2D eigenvalue weighted by Gasteiger charge is -2.53. The molecule has 4 atom stereocenters. The number of rotatable bonds is 15. The third kappa shape index (κ3) is 9.41. The van der Waals surface area contributed by atoms with Crippen molar-refractivity contribution in [2.45, 2.75) is 29.7 Å². The number of alkyl halides is 1. The Balaban J connectivity index is 1.02. The molecule has 0 spiro atoms. The number of nitrogens with one attached hydrogen (secondary N) is 1. The second kappa shape index (κ2) is 19.5. The first-order valence-corrected chi connectivity index (χ1v) is 23.4. The van der Waals surface area contributed by atoms with E-state index in [9.17, 15) is 29.4 Å². The SMILES string of the molecule is Nc1nc(C(=NOC(C(=O)OC(c2ccccc2)c2ccccc2)c2ccc(O)c(O)c2)C(=O)NC2C(=O)N3CC(CI)(C(=O)OC(c4ccccc4)c4ccccc4)CS[C@H]23)cs1. The van der Waals surface area contributed by atoms with Gasteiger partial charge in [0.1, 0.15) is 22.5 Å². The fraction of sp³-hybridized carbons (Fsp3) is 0.191. The Kier molecular flexibility index (Phi) is 13.5. The van der Waals surface area contributed by atoms with Crippen LogP contribution in [0.25, 0.3) is 0 Å². The number of ether oxygens (including phenoxy) is 2. The average Bonchev–Trinajstić information content (AvgIpc) is 3.77. The second-order valence-corrected chi connectivity index (χ2v) is 17.8. The molecular formula is C47H40IN5O9S2. The molecule has 2 aliphatic rings. The van der Waals surface area contributed by atoms with Gasteiger partial charge in [0.15, 0.2) is 34.6 Å². The van der Waals surface area contributed by atoms with Gasteiger partial charge in [-0.15, -0.1) is 23.1 Å². The van der Waals surface area contributed by atoms with E-state index in [2.05, 4.69) is 38.0 Å². The van der Waals surface area contributed by atoms with Crippen LogP contribution >= 0.6 is 45.7 Å². The summed E-state index contributed by atoms with van der Waals surface area (Å²) in [6, 6.07) is 39.6. The maximum atomic E-state index is 14.2. The van der Waals surface area contributed by atoms with Gasteiger partial charge in [0.2, 0.25) is 12.0 Å². The highest BCUT2D eigenvalue weighted by molar-refractivity contribution is 14.1. The number of amides is 2. The Morgan fingerprint density at radius 3 is 1.86 bits per heavy atom. The number of β-lactam (4-membered cyclic amide) rings is 1. The zero-order chi connectivity index (χ0) is 44.8. The molecule has 0 bridgehead atoms. The summed E-state index contributed by atoms with van der Waals surface area (Å²) in [5.74, 6) is -3.32. The van der Waals surface area contributed by atoms with Crippen LogP contribution in [0.15, 0.2) is 150 Å². The summed E-state index contributed by atoms with van der Waals surface area (Å²) in [4.78, 5) is 68.1. The topological polar surface area (TPSA) is 203 Å². The van der Waals surface area contributed by atoms with Crippen LogP contribution in [-0.4, -0.2) is 77.7 Å². The van der Waals surface area contributed by atoms with Crippen molar-refractivity contribution in [3.05, 3.63) is 178 Å². The number of esters is 2. The van der Waals surface area contributed by atoms with Gasteiger partial charge in [0, 0.05) is 27.7 Å². The van der Waals surface area contributed by atoms with Crippen molar-refractivity contribution >= 4 is 80.3 Å². The van der Waals surface area contributed by atoms with Crippen molar-refractivity contribution in [1.82, 2.24) is 15.2 Å². The molecule has 1 aromatic heterocycles. The third-order valence-electron chi connectivity index (χ3n) is 10.7. The Hall–Kier alpha value is -6.44. The Morgan fingerprint density at radius 2 is 1.36 bits per heavy atom. The molecule has 2 amide bonds. The van der Waals surface area contributed by atoms with E-state index in [0.29, 0.717) is 21.3 Å². The number of thiazole rings is 1. The van der Waals surface area contributed by atoms with Gasteiger partial charge in [-0.05, 0) is 34.4 Å². The van der Waals surface area contributed by atoms with Crippen LogP contribution in [0.3, 0.4) is 0 Å². The summed E-state index contributed by atoms with van der Waals surface area (Å²) >= 11 is 4.54. The number of carbonyl (C=O) groups is 4. The van der Waals surface area contributed by atoms with E-state index in [-0.39, 0.29) is 22.9 Å². The number of thioether (sulfide) groups is 1. The van der Waals surface area contributed by atoms with Gasteiger partial charge < -0.3 is 40.5 Å². The zero-order valence-electron chi connectivity index (χ0n) is 33.7. The van der Waals surface area contributed by atoms with Gasteiger partial charge in [0.25, 0.3) is 5.91 Å². The first-order valence-electron chi connectivity index (χ1n) is 19.9. The van der Waals surface area contributed by atoms with Crippen LogP contribution in [-0.2, 0) is 33.5 Å². The summed E-state index contributed by atoms with van der Waals surface area (Å²) in [6.45, 7) is 0.0802. The van der Waals surface area contributed by atoms with Crippen molar-refractivity contribution in [1.29, 1.82) is 0 Å². The van der Waals surface area contributed by atoms with E-state index in [4.69, 9.17) is 20.0 Å². The molecule has 14 nitrogen and oxygen atoms in total. The molecule has 3 unspecified atom stereocenters. The Bertz CT molecular complexity index is 2580. The first kappa shape index (κ1) is 44.2. The molecule has 0 radical (unpaired) electrons. The number of carbonyl (C=O) groups excluding carboxylic acids is 4. The van der Waals surface area contributed by atoms with E-state index in [1.54, 1.807) is 53.4 Å². The molecule has 2 aliphatic heterocycles. The van der Waals surface area contributed by atoms with E-state index in [0.717, 1.165) is 28.5 Å². The van der Waals surface area contributed by atoms with Crippen molar-refractivity contribution in [3.63, 3.8) is 0 Å². The van der Waals surface area contributed by atoms with Crippen molar-refractivity contribution in [2.75, 3.05) is 22.5 Å². The summed E-state index contributed by atoms with van der Waals surface area (Å²) < 4.78 is 12.7. The Labute approximate surface area is 389 Å². The van der Waals surface area contributed by atoms with Gasteiger partial charge in [-0.3, -0.25) is 14.4 Å². The molecule has 5 aromatic carbocycles. The number of nitrogens with two attached hydrogens (primary N) is 1. The first-order chi connectivity index (χ1) is 31.0. The smallest absolute Gasteiger partial charge is 0.355 e. The Morgan fingerprint density at radius 1 is 0.812 bits per heavy atom. The number of halogens is 1. The molecule has 0 saturated carbocycles. The number of fused-ring (bicyclic) bond motifs is 1. The standard InChI is InChI=1S/C47H40IN5O9S2/c48-25-47(45(59)61-39(30-17-9-3-10-18-30)31-19-11-4-12-20-31)26-53-42(57)37(43(53)64-27-47)51-41(56)36(33-24-63-46(49)50-33)52-62-40(32-21-22-34(54)35(55)23-32)44(58)60-38(28-13-5-1-6-14-28)29-15-7-2-8-16-29/h1-24,37-40,43,54-55H,25-27H2,(H2,49,50)(H,51,56)/t37?,40?,43-,47?/m1/s1. The van der Waals surface area contributed by atoms with Crippen LogP contribution < -0.4 is 11.1 Å². The quantitative estimate of drug-likeness (QED) is 0.0155. The van der Waals surface area contributed by atoms with Crippen LogP contribution in [0.5, 0.6) is 11.5 Å². The molecule has 2 saturated heterocycles. The molecule has 3 heterocycles. The largest absolute Gasteiger partial charge is 0.504 e. The minimum absolute atomic E-state index is 0.00473. The lowest BCUT2D eigenvalue weighted by Crippen LogP contribution is -2.74. The van der Waals surface area contributed by atoms with Gasteiger partial charge in [-0.25, -0.2) is 9.78 Å². The number of aromatic hydroxyl groups is 2. The number of benzene rings is 5. The molecule has 6 aromatic rings. The summed E-state index contributed by atoms with van der Waals surface area (Å²) in [5, 5.41) is 28.5. The summed E-state index contributed by atoms with van der Waals surface area (Å²) in [7, 11) is 0. The van der Waals surface area contributed by atoms with E-state index in [1.807, 2.05) is 72.8 Å². The van der Waals surface area contributed by atoms with Crippen LogP contribution in [0.2, 0.25) is 0 Å². The van der Waals surface area contributed by atoms with Crippen molar-refractivity contribution in [2.24, 2.45) is 10.6 Å². The van der Waals surface area contributed by atoms with Crippen LogP contribution in [0.4, 0.5) is 5.13 Å². The van der Waals surface area contributed by atoms with Crippen molar-refractivity contribution < 1.29 is 43.7 Å². The van der Waals surface area contributed by atoms with E-state index >= 15 is 0 Å². The highest BCUT2D eigenvalue weighted by atomic mass is 127. The van der Waals surface area contributed by atoms with Gasteiger partial charge in [0.05, 0.1) is 0 Å². The number of nitrogens with zero attached hydrogens (tertiary/aromatic N) is 3. The zero-order valence-corrected chi connectivity index (χ0v) is 37.5. The number of nitrogen functional groups attached to an aromatic ring is 1. The number of hydrogen-bond donors (Lipinski definition) is 4. The molecule has 5 N–H and O–H groups in total. The number of aromatic nitrogens is 1. The average molecular weight is 1010 g/mol. The molecular weight excluding hydrogens is 970 g/mol. The van der Waals surface area contributed by atoms with Gasteiger partial charge >= 0.3 is 11.9 Å². The molecule has 326 valence electrons. The van der Waals surface area contributed by atoms with E-state index in [1.165, 1.54) is 29.3 Å². The van der Waals surface area contributed by atoms with E-state index < -0.39 is 76.1 Å². The second-order valence-electron chi connectivity index (χ2n) is 15.0. The number of phenolic OH excluding ortho intramolecular Hbond substituents is 2. The number of hydrogen-bond acceptors (Lipinski definition) is 14. The fourth-order valence-electron chi connectivity index (χ4n) is 7.32. The van der Waals surface area contributed by atoms with Crippen molar-refractivity contribution in [3.8, 4) is 11.5 Å². The molecule has 2 fully saturated rings. The normalized spacial score (nSPS) is 18.7. The predicted molar refractivity (Wildman–Crippen MR) is 250 cm³/mol. The highest BCUT2D eigenvalue weighted by Crippen LogP contribution is 2.45. The maximum Gasteiger partial charge on any atom is 0.355 e. The summed E-state index contributed by atoms with van der Waals surface area (Å²) in [6.07, 6.45) is -3.23. The minimum Gasteiger partial charge on any atom is -0.504 e. The lowest BCUT2D eigenvalue weighted by molar-refractivity contribution is -0.164. The number of phenols is 2. The number of anilines is 1. The highest BCUT2D eigenvalue weighted by Gasteiger charge is 2.58. The maximum absolute atomic E-state index is 14.2. The van der Waals surface area contributed by atoms with Crippen LogP contribution in [0, 0.1) is 5.41 Å². The molecule has 17 heteroatoms. The fourth-order valence-corrected chi connectivity index (χ4v) is 10.6. The lowest BCUT2D eigenvalue weighted by atomic mass is 9.89. The number of oxime groups is 1. The van der Waals surface area contributed by atoms with Gasteiger partial charge in [-0.1, -0.05) is 155 Å². The summed E-state index contributed by atoms with van der Waals surface area (Å²) in [5.41, 5.74) is 7.52. The third-order valence-corrected chi connectivity index (χ3v) is 14.5. The predicted octanol–water partition coefficient (Wildman–Crippen LogP) is 7.09. The molecule has 64 heavy (non-hydrogen) atoms. The molecule has 0 aliphatic carbocycles. The van der Waals surface area contributed by atoms with Crippen LogP contribution in [0.1, 0.15) is 51.8 Å². The molecule has 8 rings (SSSR count). The monoisotopic (exact) mass is 1010 g/mol. The van der Waals surface area contributed by atoms with Gasteiger partial charge in [-0.2, -0.15) is 0 Å². The minimum atomic E-state index is -1.68.